The zero-order valence-electron chi connectivity index (χ0n) is 12.0. The van der Waals surface area contributed by atoms with Crippen LogP contribution in [0.5, 0.6) is 0 Å². The third-order valence-corrected chi connectivity index (χ3v) is 3.85. The Morgan fingerprint density at radius 3 is 2.67 bits per heavy atom. The number of amides is 2. The van der Waals surface area contributed by atoms with Gasteiger partial charge in [-0.2, -0.15) is 0 Å². The molecule has 2 amide bonds. The van der Waals surface area contributed by atoms with Gasteiger partial charge < -0.3 is 5.32 Å². The van der Waals surface area contributed by atoms with Crippen molar-refractivity contribution in [2.24, 2.45) is 4.99 Å². The second-order valence-corrected chi connectivity index (χ2v) is 5.28. The van der Waals surface area contributed by atoms with Crippen molar-refractivity contribution in [3.63, 3.8) is 0 Å². The highest BCUT2D eigenvalue weighted by Gasteiger charge is 2.32. The normalized spacial score (nSPS) is 18.6. The Morgan fingerprint density at radius 2 is 2.05 bits per heavy atom. The maximum Gasteiger partial charge on any atom is 0.266 e. The maximum atomic E-state index is 12.2. The minimum Gasteiger partial charge on any atom is -0.322 e. The number of hydrogen-bond acceptors (Lipinski definition) is 4. The molecule has 1 aliphatic rings. The summed E-state index contributed by atoms with van der Waals surface area (Å²) in [5.41, 5.74) is 0.699. The van der Waals surface area contributed by atoms with E-state index >= 15 is 0 Å². The molecule has 2 rings (SSSR count). The van der Waals surface area contributed by atoms with Crippen molar-refractivity contribution in [1.29, 1.82) is 0 Å². The van der Waals surface area contributed by atoms with Crippen LogP contribution in [0.15, 0.2) is 46.3 Å². The number of para-hydroxylation sites is 1. The first-order valence-corrected chi connectivity index (χ1v) is 7.59. The van der Waals surface area contributed by atoms with Gasteiger partial charge in [0.2, 0.25) is 5.91 Å². The van der Waals surface area contributed by atoms with E-state index in [0.29, 0.717) is 28.8 Å². The Labute approximate surface area is 128 Å². The molecule has 0 atom stereocenters. The number of aliphatic imine (C=N–C) groups is 1. The van der Waals surface area contributed by atoms with Crippen LogP contribution in [0.1, 0.15) is 13.8 Å². The van der Waals surface area contributed by atoms with Crippen LogP contribution in [0.4, 0.5) is 5.69 Å². The Kier molecular flexibility index (Phi) is 5.16. The lowest BCUT2D eigenvalue weighted by molar-refractivity contribution is -0.122. The Balaban J connectivity index is 2.12. The van der Waals surface area contributed by atoms with E-state index < -0.39 is 0 Å². The van der Waals surface area contributed by atoms with Crippen LogP contribution >= 0.6 is 11.8 Å². The number of amidine groups is 1. The molecule has 0 aromatic heterocycles. The molecule has 0 saturated carbocycles. The van der Waals surface area contributed by atoms with Crippen LogP contribution in [0.25, 0.3) is 0 Å². The molecular weight excluding hydrogens is 286 g/mol. The quantitative estimate of drug-likeness (QED) is 0.869. The van der Waals surface area contributed by atoms with E-state index in [1.165, 1.54) is 17.8 Å². The Hall–Kier alpha value is -2.08. The number of rotatable bonds is 4. The number of hydrogen-bond donors (Lipinski definition) is 1. The SMILES string of the molecule is CCN=C1SC(=CC(=O)Nc2ccccc2)C(=O)N1CC. The molecule has 6 heteroatoms. The van der Waals surface area contributed by atoms with E-state index in [9.17, 15) is 9.59 Å². The first-order valence-electron chi connectivity index (χ1n) is 6.77. The molecule has 21 heavy (non-hydrogen) atoms. The average molecular weight is 303 g/mol. The summed E-state index contributed by atoms with van der Waals surface area (Å²) in [4.78, 5) is 30.4. The molecule has 0 unspecified atom stereocenters. The summed E-state index contributed by atoms with van der Waals surface area (Å²) in [5, 5.41) is 3.39. The molecular formula is C15H17N3O2S. The van der Waals surface area contributed by atoms with Gasteiger partial charge in [-0.25, -0.2) is 0 Å². The van der Waals surface area contributed by atoms with Gasteiger partial charge in [0.15, 0.2) is 5.17 Å². The monoisotopic (exact) mass is 303 g/mol. The predicted molar refractivity (Wildman–Crippen MR) is 86.1 cm³/mol. The summed E-state index contributed by atoms with van der Waals surface area (Å²) in [6, 6.07) is 9.13. The number of carbonyl (C=O) groups excluding carboxylic acids is 2. The van der Waals surface area contributed by atoms with E-state index in [2.05, 4.69) is 10.3 Å². The van der Waals surface area contributed by atoms with Crippen molar-refractivity contribution in [2.75, 3.05) is 18.4 Å². The fraction of sp³-hybridized carbons (Fsp3) is 0.267. The van der Waals surface area contributed by atoms with Gasteiger partial charge in [0.05, 0.1) is 4.91 Å². The fourth-order valence-corrected chi connectivity index (χ4v) is 2.93. The van der Waals surface area contributed by atoms with Gasteiger partial charge in [-0.05, 0) is 37.7 Å². The van der Waals surface area contributed by atoms with Crippen molar-refractivity contribution >= 4 is 34.4 Å². The lowest BCUT2D eigenvalue weighted by Gasteiger charge is -2.11. The van der Waals surface area contributed by atoms with E-state index in [0.717, 1.165) is 0 Å². The molecule has 110 valence electrons. The third kappa shape index (κ3) is 3.72. The number of likely N-dealkylation sites (N-methyl/N-ethyl adjacent to an activating group) is 1. The highest BCUT2D eigenvalue weighted by molar-refractivity contribution is 8.18. The van der Waals surface area contributed by atoms with Crippen LogP contribution < -0.4 is 5.32 Å². The second-order valence-electron chi connectivity index (χ2n) is 4.27. The summed E-state index contributed by atoms with van der Waals surface area (Å²) in [6.45, 7) is 4.95. The molecule has 1 aromatic rings. The predicted octanol–water partition coefficient (Wildman–Crippen LogP) is 2.48. The first-order chi connectivity index (χ1) is 10.2. The lowest BCUT2D eigenvalue weighted by Crippen LogP contribution is -2.29. The number of nitrogens with one attached hydrogen (secondary N) is 1. The topological polar surface area (TPSA) is 61.8 Å². The standard InChI is InChI=1S/C15H17N3O2S/c1-3-16-15-18(4-2)14(20)12(21-15)10-13(19)17-11-8-6-5-7-9-11/h5-10H,3-4H2,1-2H3,(H,17,19). The van der Waals surface area contributed by atoms with Crippen molar-refractivity contribution in [2.45, 2.75) is 13.8 Å². The Morgan fingerprint density at radius 1 is 1.33 bits per heavy atom. The molecule has 1 fully saturated rings. The molecule has 1 saturated heterocycles. The van der Waals surface area contributed by atoms with Gasteiger partial charge in [-0.1, -0.05) is 18.2 Å². The molecule has 0 bridgehead atoms. The van der Waals surface area contributed by atoms with Gasteiger partial charge in [0.25, 0.3) is 5.91 Å². The maximum absolute atomic E-state index is 12.2. The van der Waals surface area contributed by atoms with Crippen LogP contribution in [0.3, 0.4) is 0 Å². The van der Waals surface area contributed by atoms with Gasteiger partial charge in [-0.15, -0.1) is 0 Å². The molecule has 1 N–H and O–H groups in total. The number of nitrogens with zero attached hydrogens (tertiary/aromatic N) is 2. The molecule has 5 nitrogen and oxygen atoms in total. The highest BCUT2D eigenvalue weighted by Crippen LogP contribution is 2.30. The lowest BCUT2D eigenvalue weighted by atomic mass is 10.3. The van der Waals surface area contributed by atoms with E-state index in [1.807, 2.05) is 32.0 Å². The van der Waals surface area contributed by atoms with Crippen LogP contribution in [0, 0.1) is 0 Å². The summed E-state index contributed by atoms with van der Waals surface area (Å²) in [6.07, 6.45) is 1.33. The summed E-state index contributed by atoms with van der Waals surface area (Å²) in [7, 11) is 0. The van der Waals surface area contributed by atoms with Crippen molar-refractivity contribution in [1.82, 2.24) is 4.90 Å². The molecule has 1 heterocycles. The van der Waals surface area contributed by atoms with Crippen LogP contribution in [-0.2, 0) is 9.59 Å². The third-order valence-electron chi connectivity index (χ3n) is 2.80. The van der Waals surface area contributed by atoms with E-state index in [-0.39, 0.29) is 11.8 Å². The largest absolute Gasteiger partial charge is 0.322 e. The molecule has 1 aliphatic heterocycles. The highest BCUT2D eigenvalue weighted by atomic mass is 32.2. The molecule has 0 aliphatic carbocycles. The van der Waals surface area contributed by atoms with Crippen molar-refractivity contribution in [3.8, 4) is 0 Å². The summed E-state index contributed by atoms with van der Waals surface area (Å²) in [5.74, 6) is -0.483. The van der Waals surface area contributed by atoms with Gasteiger partial charge in [0.1, 0.15) is 0 Å². The van der Waals surface area contributed by atoms with Crippen molar-refractivity contribution < 1.29 is 9.59 Å². The minimum atomic E-state index is -0.314. The zero-order valence-corrected chi connectivity index (χ0v) is 12.8. The number of thioether (sulfide) groups is 1. The fourth-order valence-electron chi connectivity index (χ4n) is 1.86. The minimum absolute atomic E-state index is 0.169. The molecule has 1 aromatic carbocycles. The number of benzene rings is 1. The first kappa shape index (κ1) is 15.3. The van der Waals surface area contributed by atoms with E-state index in [1.54, 1.807) is 17.0 Å². The number of anilines is 1. The van der Waals surface area contributed by atoms with E-state index in [4.69, 9.17) is 0 Å². The van der Waals surface area contributed by atoms with Gasteiger partial charge in [0, 0.05) is 24.9 Å². The average Bonchev–Trinajstić information content (AvgIpc) is 2.76. The van der Waals surface area contributed by atoms with Crippen LogP contribution in [-0.4, -0.2) is 35.0 Å². The Bertz CT molecular complexity index is 596. The van der Waals surface area contributed by atoms with Crippen LogP contribution in [0.2, 0.25) is 0 Å². The number of carbonyl (C=O) groups is 2. The summed E-state index contributed by atoms with van der Waals surface area (Å²) >= 11 is 1.24. The molecule has 0 radical (unpaired) electrons. The van der Waals surface area contributed by atoms with Gasteiger partial charge >= 0.3 is 0 Å². The van der Waals surface area contributed by atoms with Crippen molar-refractivity contribution in [3.05, 3.63) is 41.3 Å². The smallest absolute Gasteiger partial charge is 0.266 e. The summed E-state index contributed by atoms with van der Waals surface area (Å²) < 4.78 is 0. The second kappa shape index (κ2) is 7.08. The van der Waals surface area contributed by atoms with Gasteiger partial charge in [-0.3, -0.25) is 19.5 Å². The zero-order chi connectivity index (χ0) is 15.2. The molecule has 0 spiro atoms.